The van der Waals surface area contributed by atoms with Crippen LogP contribution < -0.4 is 0 Å². The van der Waals surface area contributed by atoms with Gasteiger partial charge in [-0.1, -0.05) is 331 Å². The minimum Gasteiger partial charge on any atom is -0.462 e. The minimum atomic E-state index is -4.96. The van der Waals surface area contributed by atoms with Crippen LogP contribution in [0.5, 0.6) is 0 Å². The molecular weight excluding hydrogens is 1250 g/mol. The highest BCUT2D eigenvalue weighted by Crippen LogP contribution is 2.45. The molecule has 0 heterocycles. The quantitative estimate of drug-likeness (QED) is 0.0222. The molecule has 0 aliphatic heterocycles. The molecule has 0 aromatic rings. The van der Waals surface area contributed by atoms with Crippen LogP contribution in [0.3, 0.4) is 0 Å². The molecule has 3 N–H and O–H groups in total. The Morgan fingerprint density at radius 3 is 0.747 bits per heavy atom. The summed E-state index contributed by atoms with van der Waals surface area (Å²) < 4.78 is 68.4. The standard InChI is InChI=1S/C76H148O17P2/c1-9-69(8)55-47-39-33-35-43-51-59-76(81)93-72(62-86-73(78)56-48-40-30-26-22-19-18-21-25-29-37-45-53-67(4)5)65-91-95(84,85)89-61-70(77)60-88-94(82,83)90-64-71(63-87-74(79)57-49-41-34-32-38-46-54-68(6)7)92-75(80)58-50-42-31-27-23-17-15-13-11-10-12-14-16-20-24-28-36-44-52-66(2)3/h66-72,77H,9-65H2,1-8H3,(H,82,83)(H,84,85)/t69?,70?,71-,72-/m1/s1. The number of unbranched alkanes of at least 4 members (excludes halogenated alkanes) is 38. The van der Waals surface area contributed by atoms with Crippen molar-refractivity contribution in [2.45, 2.75) is 401 Å². The third-order valence-corrected chi connectivity index (χ3v) is 19.8. The van der Waals surface area contributed by atoms with Crippen LogP contribution in [0.1, 0.15) is 383 Å². The summed E-state index contributed by atoms with van der Waals surface area (Å²) in [5.74, 6) is 0.875. The van der Waals surface area contributed by atoms with E-state index >= 15 is 0 Å². The number of carbonyl (C=O) groups excluding carboxylic acids is 4. The van der Waals surface area contributed by atoms with Gasteiger partial charge in [-0.05, 0) is 49.4 Å². The number of esters is 4. The van der Waals surface area contributed by atoms with Crippen molar-refractivity contribution < 1.29 is 80.2 Å². The molecule has 95 heavy (non-hydrogen) atoms. The zero-order valence-electron chi connectivity index (χ0n) is 62.3. The highest BCUT2D eigenvalue weighted by molar-refractivity contribution is 7.47. The van der Waals surface area contributed by atoms with Crippen molar-refractivity contribution in [3.05, 3.63) is 0 Å². The maximum atomic E-state index is 13.1. The van der Waals surface area contributed by atoms with E-state index in [0.717, 1.165) is 114 Å². The van der Waals surface area contributed by atoms with Gasteiger partial charge >= 0.3 is 39.5 Å². The second-order valence-electron chi connectivity index (χ2n) is 29.1. The predicted octanol–water partition coefficient (Wildman–Crippen LogP) is 22.0. The monoisotopic (exact) mass is 1400 g/mol. The molecule has 0 bridgehead atoms. The van der Waals surface area contributed by atoms with E-state index in [1.165, 1.54) is 180 Å². The molecule has 0 amide bonds. The molecule has 0 aliphatic carbocycles. The second-order valence-corrected chi connectivity index (χ2v) is 32.0. The smallest absolute Gasteiger partial charge is 0.462 e. The van der Waals surface area contributed by atoms with Crippen molar-refractivity contribution in [1.29, 1.82) is 0 Å². The van der Waals surface area contributed by atoms with E-state index in [2.05, 4.69) is 55.4 Å². The van der Waals surface area contributed by atoms with E-state index in [1.54, 1.807) is 0 Å². The summed E-state index contributed by atoms with van der Waals surface area (Å²) in [6.45, 7) is 14.1. The fourth-order valence-electron chi connectivity index (χ4n) is 11.5. The van der Waals surface area contributed by atoms with Crippen molar-refractivity contribution in [1.82, 2.24) is 0 Å². The molecule has 0 rings (SSSR count). The van der Waals surface area contributed by atoms with Gasteiger partial charge in [0.1, 0.15) is 19.3 Å². The normalized spacial score (nSPS) is 14.4. The molecular formula is C76H148O17P2. The highest BCUT2D eigenvalue weighted by Gasteiger charge is 2.30. The van der Waals surface area contributed by atoms with Gasteiger partial charge in [0.2, 0.25) is 0 Å². The molecule has 6 atom stereocenters. The molecule has 0 aliphatic rings. The average molecular weight is 1400 g/mol. The summed E-state index contributed by atoms with van der Waals surface area (Å²) in [5, 5.41) is 10.6. The van der Waals surface area contributed by atoms with Gasteiger partial charge in [0.15, 0.2) is 12.2 Å². The number of phosphoric ester groups is 2. The Bertz CT molecular complexity index is 1870. The van der Waals surface area contributed by atoms with Gasteiger partial charge < -0.3 is 33.8 Å². The van der Waals surface area contributed by atoms with Crippen LogP contribution in [0, 0.1) is 23.7 Å². The van der Waals surface area contributed by atoms with Gasteiger partial charge in [0.25, 0.3) is 0 Å². The lowest BCUT2D eigenvalue weighted by molar-refractivity contribution is -0.161. The molecule has 0 aromatic carbocycles. The van der Waals surface area contributed by atoms with Gasteiger partial charge in [-0.3, -0.25) is 37.3 Å². The third kappa shape index (κ3) is 69.0. The summed E-state index contributed by atoms with van der Waals surface area (Å²) in [6, 6.07) is 0. The number of carbonyl (C=O) groups is 4. The van der Waals surface area contributed by atoms with E-state index in [9.17, 15) is 43.2 Å². The van der Waals surface area contributed by atoms with Crippen molar-refractivity contribution in [3.63, 3.8) is 0 Å². The van der Waals surface area contributed by atoms with E-state index in [0.29, 0.717) is 31.6 Å². The van der Waals surface area contributed by atoms with Gasteiger partial charge in [0, 0.05) is 25.7 Å². The lowest BCUT2D eigenvalue weighted by Gasteiger charge is -2.21. The highest BCUT2D eigenvalue weighted by atomic mass is 31.2. The van der Waals surface area contributed by atoms with Gasteiger partial charge in [-0.25, -0.2) is 9.13 Å². The Balaban J connectivity index is 5.15. The lowest BCUT2D eigenvalue weighted by atomic mass is 10.00. The van der Waals surface area contributed by atoms with Crippen molar-refractivity contribution in [2.75, 3.05) is 39.6 Å². The average Bonchev–Trinajstić information content (AvgIpc) is 1.52. The first-order chi connectivity index (χ1) is 45.6. The molecule has 0 saturated carbocycles. The number of hydrogen-bond donors (Lipinski definition) is 3. The molecule has 17 nitrogen and oxygen atoms in total. The SMILES string of the molecule is CCC(C)CCCCCCCCC(=O)O[C@H](COC(=O)CCCCCCCCCCCCCCC(C)C)COP(=O)(O)OCC(O)COP(=O)(O)OC[C@@H](COC(=O)CCCCCCCCC(C)C)OC(=O)CCCCCCCCCCCCCCCCCCCCC(C)C. The van der Waals surface area contributed by atoms with Crippen LogP contribution in [0.25, 0.3) is 0 Å². The van der Waals surface area contributed by atoms with Gasteiger partial charge in [-0.15, -0.1) is 0 Å². The van der Waals surface area contributed by atoms with E-state index in [-0.39, 0.29) is 25.7 Å². The second kappa shape index (κ2) is 65.4. The Kier molecular flexibility index (Phi) is 64.0. The lowest BCUT2D eigenvalue weighted by Crippen LogP contribution is -2.30. The number of aliphatic hydroxyl groups excluding tert-OH is 1. The number of ether oxygens (including phenoxy) is 4. The Labute approximate surface area is 581 Å². The van der Waals surface area contributed by atoms with Crippen LogP contribution >= 0.6 is 15.6 Å². The maximum absolute atomic E-state index is 13.1. The fourth-order valence-corrected chi connectivity index (χ4v) is 13.1. The van der Waals surface area contributed by atoms with E-state index in [4.69, 9.17) is 37.0 Å². The van der Waals surface area contributed by atoms with Crippen LogP contribution in [-0.4, -0.2) is 96.7 Å². The first-order valence-electron chi connectivity index (χ1n) is 39.2. The summed E-state index contributed by atoms with van der Waals surface area (Å²) in [4.78, 5) is 72.7. The predicted molar refractivity (Wildman–Crippen MR) is 386 cm³/mol. The Hall–Kier alpha value is -1.94. The zero-order chi connectivity index (χ0) is 70.3. The van der Waals surface area contributed by atoms with Crippen LogP contribution in [0.2, 0.25) is 0 Å². The molecule has 0 fully saturated rings. The first kappa shape index (κ1) is 93.1. The summed E-state index contributed by atoms with van der Waals surface area (Å²) >= 11 is 0. The number of hydrogen-bond acceptors (Lipinski definition) is 15. The van der Waals surface area contributed by atoms with E-state index < -0.39 is 97.5 Å². The van der Waals surface area contributed by atoms with Gasteiger partial charge in [-0.2, -0.15) is 0 Å². The van der Waals surface area contributed by atoms with Crippen molar-refractivity contribution in [3.8, 4) is 0 Å². The van der Waals surface area contributed by atoms with Crippen LogP contribution in [-0.2, 0) is 65.4 Å². The zero-order valence-corrected chi connectivity index (χ0v) is 64.1. The summed E-state index contributed by atoms with van der Waals surface area (Å²) in [5.41, 5.74) is 0. The number of aliphatic hydroxyl groups is 1. The topological polar surface area (TPSA) is 237 Å². The summed E-state index contributed by atoms with van der Waals surface area (Å²) in [7, 11) is -9.91. The molecule has 0 aromatic heterocycles. The van der Waals surface area contributed by atoms with Gasteiger partial charge in [0.05, 0.1) is 26.4 Å². The minimum absolute atomic E-state index is 0.103. The van der Waals surface area contributed by atoms with E-state index in [1.807, 2.05) is 0 Å². The molecule has 0 radical (unpaired) electrons. The van der Waals surface area contributed by atoms with Crippen LogP contribution in [0.15, 0.2) is 0 Å². The number of rotatable bonds is 73. The fraction of sp³-hybridized carbons (Fsp3) is 0.947. The van der Waals surface area contributed by atoms with Crippen molar-refractivity contribution in [2.24, 2.45) is 23.7 Å². The molecule has 0 spiro atoms. The molecule has 564 valence electrons. The first-order valence-corrected chi connectivity index (χ1v) is 42.2. The molecule has 19 heteroatoms. The van der Waals surface area contributed by atoms with Crippen molar-refractivity contribution >= 4 is 39.5 Å². The Morgan fingerprint density at radius 2 is 0.505 bits per heavy atom. The number of phosphoric acid groups is 2. The maximum Gasteiger partial charge on any atom is 0.472 e. The largest absolute Gasteiger partial charge is 0.472 e. The molecule has 4 unspecified atom stereocenters. The molecule has 0 saturated heterocycles. The Morgan fingerprint density at radius 1 is 0.295 bits per heavy atom. The van der Waals surface area contributed by atoms with Crippen LogP contribution in [0.4, 0.5) is 0 Å². The third-order valence-electron chi connectivity index (χ3n) is 17.9. The summed E-state index contributed by atoms with van der Waals surface area (Å²) in [6.07, 6.45) is 50.3.